The van der Waals surface area contributed by atoms with Gasteiger partial charge in [-0.1, -0.05) is 18.6 Å². The molecule has 0 aromatic heterocycles. The standard InChI is InChI=1S/C12H18O2/c13-7-11-4-1-5-12(11,8-14)10-3-2-9(11)6-10/h2-3,9-10,13-14H,1,4-8H2/t9-,10+,11-,12+. The van der Waals surface area contributed by atoms with Crippen molar-refractivity contribution in [1.29, 1.82) is 0 Å². The van der Waals surface area contributed by atoms with E-state index >= 15 is 0 Å². The van der Waals surface area contributed by atoms with E-state index in [1.165, 1.54) is 12.8 Å². The van der Waals surface area contributed by atoms with Crippen LogP contribution in [0, 0.1) is 22.7 Å². The first-order valence-corrected chi connectivity index (χ1v) is 5.69. The van der Waals surface area contributed by atoms with Gasteiger partial charge in [-0.3, -0.25) is 0 Å². The fourth-order valence-electron chi connectivity index (χ4n) is 4.55. The largest absolute Gasteiger partial charge is 0.396 e. The molecule has 0 aliphatic heterocycles. The van der Waals surface area contributed by atoms with Gasteiger partial charge in [-0.15, -0.1) is 0 Å². The summed E-state index contributed by atoms with van der Waals surface area (Å²) in [6, 6.07) is 0. The van der Waals surface area contributed by atoms with Crippen LogP contribution in [-0.2, 0) is 0 Å². The van der Waals surface area contributed by atoms with E-state index in [1.807, 2.05) is 0 Å². The number of fused-ring (bicyclic) bond motifs is 5. The van der Waals surface area contributed by atoms with Gasteiger partial charge in [0.1, 0.15) is 0 Å². The van der Waals surface area contributed by atoms with Crippen LogP contribution in [0.4, 0.5) is 0 Å². The van der Waals surface area contributed by atoms with Crippen molar-refractivity contribution in [3.8, 4) is 0 Å². The van der Waals surface area contributed by atoms with E-state index in [0.717, 1.165) is 12.8 Å². The zero-order valence-corrected chi connectivity index (χ0v) is 8.45. The lowest BCUT2D eigenvalue weighted by Gasteiger charge is -2.45. The second-order valence-corrected chi connectivity index (χ2v) is 5.32. The number of hydrogen-bond acceptors (Lipinski definition) is 2. The Balaban J connectivity index is 2.11. The van der Waals surface area contributed by atoms with Crippen molar-refractivity contribution >= 4 is 0 Å². The van der Waals surface area contributed by atoms with Crippen molar-refractivity contribution in [2.75, 3.05) is 13.2 Å². The molecule has 14 heavy (non-hydrogen) atoms. The first-order valence-electron chi connectivity index (χ1n) is 5.69. The zero-order chi connectivity index (χ0) is 9.81. The summed E-state index contributed by atoms with van der Waals surface area (Å²) in [6.45, 7) is 0.526. The molecular weight excluding hydrogens is 176 g/mol. The normalized spacial score (nSPS) is 54.1. The van der Waals surface area contributed by atoms with Crippen molar-refractivity contribution in [2.45, 2.75) is 25.7 Å². The van der Waals surface area contributed by atoms with Crippen LogP contribution >= 0.6 is 0 Å². The third kappa shape index (κ3) is 0.695. The number of aliphatic hydroxyl groups excluding tert-OH is 2. The predicted octanol–water partition coefficient (Wildman–Crippen LogP) is 1.33. The van der Waals surface area contributed by atoms with Crippen molar-refractivity contribution in [1.82, 2.24) is 0 Å². The van der Waals surface area contributed by atoms with Gasteiger partial charge in [0, 0.05) is 24.0 Å². The van der Waals surface area contributed by atoms with Crippen molar-refractivity contribution in [3.05, 3.63) is 12.2 Å². The summed E-state index contributed by atoms with van der Waals surface area (Å²) < 4.78 is 0. The van der Waals surface area contributed by atoms with E-state index in [4.69, 9.17) is 0 Å². The molecule has 4 atom stereocenters. The third-order valence-electron chi connectivity index (χ3n) is 5.30. The number of aliphatic hydroxyl groups is 2. The highest BCUT2D eigenvalue weighted by Crippen LogP contribution is 2.70. The second kappa shape index (κ2) is 2.61. The molecule has 0 radical (unpaired) electrons. The smallest absolute Gasteiger partial charge is 0.0499 e. The molecule has 3 rings (SSSR count). The number of allylic oxidation sites excluding steroid dienone is 2. The second-order valence-electron chi connectivity index (χ2n) is 5.32. The minimum Gasteiger partial charge on any atom is -0.396 e. The van der Waals surface area contributed by atoms with Gasteiger partial charge in [0.25, 0.3) is 0 Å². The fraction of sp³-hybridized carbons (Fsp3) is 0.833. The average Bonchev–Trinajstić information content (AvgIpc) is 2.88. The van der Waals surface area contributed by atoms with Gasteiger partial charge in [-0.2, -0.15) is 0 Å². The molecule has 3 aliphatic carbocycles. The van der Waals surface area contributed by atoms with Gasteiger partial charge in [0.2, 0.25) is 0 Å². The first-order chi connectivity index (χ1) is 6.79. The maximum atomic E-state index is 9.70. The Morgan fingerprint density at radius 1 is 1.00 bits per heavy atom. The minimum absolute atomic E-state index is 0.0289. The highest BCUT2D eigenvalue weighted by molar-refractivity contribution is 5.26. The average molecular weight is 194 g/mol. The number of rotatable bonds is 2. The van der Waals surface area contributed by atoms with E-state index in [0.29, 0.717) is 11.8 Å². The van der Waals surface area contributed by atoms with E-state index in [1.54, 1.807) is 0 Å². The Bertz CT molecular complexity index is 260. The molecule has 78 valence electrons. The Morgan fingerprint density at radius 2 is 1.50 bits per heavy atom. The summed E-state index contributed by atoms with van der Waals surface area (Å²) in [4.78, 5) is 0. The van der Waals surface area contributed by atoms with Gasteiger partial charge >= 0.3 is 0 Å². The van der Waals surface area contributed by atoms with Crippen LogP contribution in [-0.4, -0.2) is 23.4 Å². The highest BCUT2D eigenvalue weighted by atomic mass is 16.3. The molecule has 2 N–H and O–H groups in total. The fourth-order valence-corrected chi connectivity index (χ4v) is 4.55. The van der Waals surface area contributed by atoms with Crippen molar-refractivity contribution < 1.29 is 10.2 Å². The lowest BCUT2D eigenvalue weighted by Crippen LogP contribution is -2.46. The maximum absolute atomic E-state index is 9.70. The third-order valence-corrected chi connectivity index (χ3v) is 5.30. The molecule has 2 heteroatoms. The molecule has 0 unspecified atom stereocenters. The molecule has 2 bridgehead atoms. The molecule has 0 heterocycles. The molecular formula is C12H18O2. The molecule has 0 spiro atoms. The first kappa shape index (κ1) is 8.93. The Labute approximate surface area is 84.6 Å². The van der Waals surface area contributed by atoms with Gasteiger partial charge < -0.3 is 10.2 Å². The van der Waals surface area contributed by atoms with E-state index in [2.05, 4.69) is 12.2 Å². The maximum Gasteiger partial charge on any atom is 0.0499 e. The summed E-state index contributed by atoms with van der Waals surface area (Å²) in [5.74, 6) is 1.07. The topological polar surface area (TPSA) is 40.5 Å². The predicted molar refractivity (Wildman–Crippen MR) is 53.6 cm³/mol. The van der Waals surface area contributed by atoms with Gasteiger partial charge in [-0.25, -0.2) is 0 Å². The lowest BCUT2D eigenvalue weighted by molar-refractivity contribution is -0.0402. The van der Waals surface area contributed by atoms with Crippen LogP contribution in [0.25, 0.3) is 0 Å². The Kier molecular flexibility index (Phi) is 1.67. The van der Waals surface area contributed by atoms with E-state index in [-0.39, 0.29) is 24.0 Å². The molecule has 2 nitrogen and oxygen atoms in total. The molecule has 2 fully saturated rings. The van der Waals surface area contributed by atoms with Crippen LogP contribution < -0.4 is 0 Å². The van der Waals surface area contributed by atoms with Crippen LogP contribution in [0.15, 0.2) is 12.2 Å². The summed E-state index contributed by atoms with van der Waals surface area (Å²) in [5, 5.41) is 19.4. The van der Waals surface area contributed by atoms with Crippen LogP contribution in [0.3, 0.4) is 0 Å². The van der Waals surface area contributed by atoms with Crippen LogP contribution in [0.1, 0.15) is 25.7 Å². The van der Waals surface area contributed by atoms with Gasteiger partial charge in [0.15, 0.2) is 0 Å². The monoisotopic (exact) mass is 194 g/mol. The van der Waals surface area contributed by atoms with Crippen molar-refractivity contribution in [3.63, 3.8) is 0 Å². The molecule has 0 amide bonds. The molecule has 0 aromatic carbocycles. The van der Waals surface area contributed by atoms with Crippen LogP contribution in [0.5, 0.6) is 0 Å². The summed E-state index contributed by atoms with van der Waals surface area (Å²) in [7, 11) is 0. The Hall–Kier alpha value is -0.340. The Morgan fingerprint density at radius 3 is 1.93 bits per heavy atom. The van der Waals surface area contributed by atoms with Crippen molar-refractivity contribution in [2.24, 2.45) is 22.7 Å². The summed E-state index contributed by atoms with van der Waals surface area (Å²) >= 11 is 0. The SMILES string of the molecule is OC[C@@]12CCC[C@]1(CO)[C@H]1C=C[C@@H]2C1. The molecule has 0 aromatic rings. The van der Waals surface area contributed by atoms with Gasteiger partial charge in [0.05, 0.1) is 0 Å². The zero-order valence-electron chi connectivity index (χ0n) is 8.45. The molecule has 3 aliphatic rings. The molecule has 2 saturated carbocycles. The lowest BCUT2D eigenvalue weighted by atomic mass is 9.60. The summed E-state index contributed by atoms with van der Waals surface area (Å²) in [5.41, 5.74) is 0.0579. The number of hydrogen-bond donors (Lipinski definition) is 2. The quantitative estimate of drug-likeness (QED) is 0.651. The van der Waals surface area contributed by atoms with Gasteiger partial charge in [-0.05, 0) is 31.1 Å². The molecule has 0 saturated heterocycles. The van der Waals surface area contributed by atoms with E-state index < -0.39 is 0 Å². The summed E-state index contributed by atoms with van der Waals surface area (Å²) in [6.07, 6.45) is 9.11. The minimum atomic E-state index is 0.0289. The van der Waals surface area contributed by atoms with E-state index in [9.17, 15) is 10.2 Å². The van der Waals surface area contributed by atoms with Crippen LogP contribution in [0.2, 0.25) is 0 Å². The highest BCUT2D eigenvalue weighted by Gasteiger charge is 2.66.